The first-order valence-corrected chi connectivity index (χ1v) is 6.75. The molecule has 1 heterocycles. The van der Waals surface area contributed by atoms with Crippen LogP contribution in [0.3, 0.4) is 0 Å². The number of fused-ring (bicyclic) bond motifs is 1. The molecule has 2 aromatic carbocycles. The number of nitrogens with zero attached hydrogens (tertiary/aromatic N) is 1. The van der Waals surface area contributed by atoms with Crippen molar-refractivity contribution in [3.63, 3.8) is 0 Å². The Kier molecular flexibility index (Phi) is 3.50. The summed E-state index contributed by atoms with van der Waals surface area (Å²) in [5, 5.41) is 0. The number of H-pyrrole nitrogens is 2. The second-order valence-electron chi connectivity index (χ2n) is 5.10. The molecule has 0 saturated carbocycles. The summed E-state index contributed by atoms with van der Waals surface area (Å²) in [5.74, 6) is -0.481. The lowest BCUT2D eigenvalue weighted by Crippen LogP contribution is -2.30. The summed E-state index contributed by atoms with van der Waals surface area (Å²) < 4.78 is 13.8. The SMILES string of the molecule is CN(Cc1ccccc1)c1cc(F)cc2[nH]c(=O)c(=O)[nH]c12. The number of rotatable bonds is 3. The van der Waals surface area contributed by atoms with Gasteiger partial charge in [-0.25, -0.2) is 4.39 Å². The Morgan fingerprint density at radius 2 is 1.73 bits per heavy atom. The van der Waals surface area contributed by atoms with Crippen molar-refractivity contribution in [2.45, 2.75) is 6.54 Å². The van der Waals surface area contributed by atoms with Crippen molar-refractivity contribution < 1.29 is 4.39 Å². The van der Waals surface area contributed by atoms with Crippen LogP contribution in [-0.4, -0.2) is 17.0 Å². The fraction of sp³-hybridized carbons (Fsp3) is 0.125. The van der Waals surface area contributed by atoms with Crippen LogP contribution in [0.4, 0.5) is 10.1 Å². The molecule has 5 nitrogen and oxygen atoms in total. The van der Waals surface area contributed by atoms with Gasteiger partial charge in [0, 0.05) is 13.6 Å². The molecule has 3 rings (SSSR count). The minimum atomic E-state index is -0.797. The topological polar surface area (TPSA) is 69.0 Å². The smallest absolute Gasteiger partial charge is 0.314 e. The highest BCUT2D eigenvalue weighted by Crippen LogP contribution is 2.24. The molecule has 112 valence electrons. The van der Waals surface area contributed by atoms with Gasteiger partial charge in [0.1, 0.15) is 5.82 Å². The second-order valence-corrected chi connectivity index (χ2v) is 5.10. The Morgan fingerprint density at radius 1 is 1.05 bits per heavy atom. The average molecular weight is 299 g/mol. The number of hydrogen-bond acceptors (Lipinski definition) is 3. The number of aromatic nitrogens is 2. The van der Waals surface area contributed by atoms with Crippen molar-refractivity contribution in [1.29, 1.82) is 0 Å². The molecule has 0 fully saturated rings. The lowest BCUT2D eigenvalue weighted by atomic mass is 10.2. The Hall–Kier alpha value is -2.89. The standard InChI is InChI=1S/C16H14FN3O2/c1-20(9-10-5-3-2-4-6-10)13-8-11(17)7-12-14(13)19-16(22)15(21)18-12/h2-8H,9H2,1H3,(H,18,21)(H,19,22). The van der Waals surface area contributed by atoms with E-state index in [9.17, 15) is 14.0 Å². The first-order chi connectivity index (χ1) is 10.5. The highest BCUT2D eigenvalue weighted by molar-refractivity contribution is 5.87. The highest BCUT2D eigenvalue weighted by atomic mass is 19.1. The summed E-state index contributed by atoms with van der Waals surface area (Å²) >= 11 is 0. The zero-order valence-corrected chi connectivity index (χ0v) is 11.9. The molecule has 0 amide bonds. The minimum Gasteiger partial charge on any atom is -0.368 e. The van der Waals surface area contributed by atoms with Crippen molar-refractivity contribution in [1.82, 2.24) is 9.97 Å². The molecule has 2 N–H and O–H groups in total. The van der Waals surface area contributed by atoms with E-state index >= 15 is 0 Å². The zero-order chi connectivity index (χ0) is 15.7. The molecule has 0 unspecified atom stereocenters. The van der Waals surface area contributed by atoms with Crippen LogP contribution in [0.1, 0.15) is 5.56 Å². The number of anilines is 1. The maximum absolute atomic E-state index is 13.8. The monoisotopic (exact) mass is 299 g/mol. The van der Waals surface area contributed by atoms with Crippen LogP contribution in [0.15, 0.2) is 52.1 Å². The molecule has 0 aliphatic carbocycles. The Morgan fingerprint density at radius 3 is 2.45 bits per heavy atom. The molecule has 1 aromatic heterocycles. The summed E-state index contributed by atoms with van der Waals surface area (Å²) in [6, 6.07) is 12.2. The molecule has 0 aliphatic heterocycles. The third-order valence-corrected chi connectivity index (χ3v) is 3.45. The normalized spacial score (nSPS) is 10.8. The van der Waals surface area contributed by atoms with Crippen molar-refractivity contribution in [2.75, 3.05) is 11.9 Å². The van der Waals surface area contributed by atoms with E-state index in [1.54, 1.807) is 7.05 Å². The van der Waals surface area contributed by atoms with Crippen LogP contribution in [0, 0.1) is 5.82 Å². The Balaban J connectivity index is 2.11. The fourth-order valence-electron chi connectivity index (χ4n) is 2.42. The average Bonchev–Trinajstić information content (AvgIpc) is 2.49. The van der Waals surface area contributed by atoms with Crippen LogP contribution >= 0.6 is 0 Å². The van der Waals surface area contributed by atoms with Gasteiger partial charge in [-0.05, 0) is 17.7 Å². The summed E-state index contributed by atoms with van der Waals surface area (Å²) in [4.78, 5) is 29.6. The van der Waals surface area contributed by atoms with Gasteiger partial charge in [-0.1, -0.05) is 30.3 Å². The van der Waals surface area contributed by atoms with Crippen molar-refractivity contribution in [3.8, 4) is 0 Å². The van der Waals surface area contributed by atoms with E-state index in [0.29, 0.717) is 17.7 Å². The Bertz CT molecular complexity index is 932. The fourth-order valence-corrected chi connectivity index (χ4v) is 2.42. The number of aromatic amines is 2. The first-order valence-electron chi connectivity index (χ1n) is 6.75. The van der Waals surface area contributed by atoms with E-state index in [1.807, 2.05) is 35.2 Å². The first kappa shape index (κ1) is 14.1. The maximum atomic E-state index is 13.8. The van der Waals surface area contributed by atoms with E-state index in [0.717, 1.165) is 5.56 Å². The predicted molar refractivity (Wildman–Crippen MR) is 83.7 cm³/mol. The van der Waals surface area contributed by atoms with Crippen LogP contribution in [0.2, 0.25) is 0 Å². The number of nitrogens with one attached hydrogen (secondary N) is 2. The molecule has 3 aromatic rings. The molecule has 0 atom stereocenters. The number of benzene rings is 2. The summed E-state index contributed by atoms with van der Waals surface area (Å²) in [7, 11) is 1.80. The summed E-state index contributed by atoms with van der Waals surface area (Å²) in [6.45, 7) is 0.542. The quantitative estimate of drug-likeness (QED) is 0.727. The largest absolute Gasteiger partial charge is 0.368 e. The zero-order valence-electron chi connectivity index (χ0n) is 11.9. The molecule has 0 aliphatic rings. The maximum Gasteiger partial charge on any atom is 0.314 e. The van der Waals surface area contributed by atoms with Gasteiger partial charge in [0.05, 0.1) is 16.7 Å². The third kappa shape index (κ3) is 2.63. The van der Waals surface area contributed by atoms with Gasteiger partial charge >= 0.3 is 11.1 Å². The summed E-state index contributed by atoms with van der Waals surface area (Å²) in [6.07, 6.45) is 0. The van der Waals surface area contributed by atoms with E-state index in [-0.39, 0.29) is 5.52 Å². The van der Waals surface area contributed by atoms with Gasteiger partial charge in [0.2, 0.25) is 0 Å². The molecule has 6 heteroatoms. The van der Waals surface area contributed by atoms with Gasteiger partial charge in [0.25, 0.3) is 0 Å². The van der Waals surface area contributed by atoms with E-state index in [2.05, 4.69) is 9.97 Å². The van der Waals surface area contributed by atoms with Gasteiger partial charge in [-0.3, -0.25) is 9.59 Å². The number of hydrogen-bond donors (Lipinski definition) is 2. The summed E-state index contributed by atoms with van der Waals surface area (Å²) in [5.41, 5.74) is 0.675. The third-order valence-electron chi connectivity index (χ3n) is 3.45. The lowest BCUT2D eigenvalue weighted by Gasteiger charge is -2.21. The van der Waals surface area contributed by atoms with Crippen molar-refractivity contribution in [2.24, 2.45) is 0 Å². The second kappa shape index (κ2) is 5.48. The van der Waals surface area contributed by atoms with Crippen LogP contribution in [0.5, 0.6) is 0 Å². The van der Waals surface area contributed by atoms with Crippen molar-refractivity contribution >= 4 is 16.7 Å². The molecule has 0 saturated heterocycles. The minimum absolute atomic E-state index is 0.263. The molecule has 0 radical (unpaired) electrons. The van der Waals surface area contributed by atoms with Crippen LogP contribution in [0.25, 0.3) is 11.0 Å². The molecule has 22 heavy (non-hydrogen) atoms. The molecule has 0 bridgehead atoms. The van der Waals surface area contributed by atoms with E-state index < -0.39 is 16.9 Å². The lowest BCUT2D eigenvalue weighted by molar-refractivity contribution is 0.628. The van der Waals surface area contributed by atoms with Gasteiger partial charge in [-0.15, -0.1) is 0 Å². The van der Waals surface area contributed by atoms with Gasteiger partial charge < -0.3 is 14.9 Å². The van der Waals surface area contributed by atoms with Crippen molar-refractivity contribution in [3.05, 3.63) is 74.6 Å². The number of halogens is 1. The molecule has 0 spiro atoms. The highest BCUT2D eigenvalue weighted by Gasteiger charge is 2.11. The molecular formula is C16H14FN3O2. The van der Waals surface area contributed by atoms with E-state index in [1.165, 1.54) is 12.1 Å². The Labute approximate surface area is 125 Å². The van der Waals surface area contributed by atoms with Gasteiger partial charge in [-0.2, -0.15) is 0 Å². The molecular weight excluding hydrogens is 285 g/mol. The van der Waals surface area contributed by atoms with E-state index in [4.69, 9.17) is 0 Å². The van der Waals surface area contributed by atoms with Crippen LogP contribution in [-0.2, 0) is 6.54 Å². The predicted octanol–water partition coefficient (Wildman–Crippen LogP) is 1.99. The van der Waals surface area contributed by atoms with Crippen LogP contribution < -0.4 is 16.0 Å². The van der Waals surface area contributed by atoms with Gasteiger partial charge in [0.15, 0.2) is 0 Å².